The number of methoxy groups -OCH3 is 1. The lowest BCUT2D eigenvalue weighted by atomic mass is 10.0. The van der Waals surface area contributed by atoms with E-state index in [4.69, 9.17) is 15.2 Å². The first kappa shape index (κ1) is 13.3. The molecule has 0 aromatic heterocycles. The van der Waals surface area contributed by atoms with Crippen molar-refractivity contribution in [2.24, 2.45) is 5.73 Å². The van der Waals surface area contributed by atoms with Crippen molar-refractivity contribution in [3.05, 3.63) is 29.8 Å². The molecule has 1 aliphatic rings. The number of ether oxygens (including phenoxy) is 2. The van der Waals surface area contributed by atoms with Crippen molar-refractivity contribution >= 4 is 0 Å². The SMILES string of the molecule is COCCN(CCN)CC1COc2ccccc21. The molecule has 0 spiro atoms. The standard InChI is InChI=1S/C14H22N2O2/c1-17-9-8-16(7-6-15)10-12-11-18-14-5-3-2-4-13(12)14/h2-5,12H,6-11,15H2,1H3. The van der Waals surface area contributed by atoms with Crippen LogP contribution in [-0.4, -0.2) is 51.4 Å². The molecule has 0 radical (unpaired) electrons. The molecule has 0 fully saturated rings. The van der Waals surface area contributed by atoms with Crippen molar-refractivity contribution < 1.29 is 9.47 Å². The van der Waals surface area contributed by atoms with Gasteiger partial charge < -0.3 is 15.2 Å². The van der Waals surface area contributed by atoms with Gasteiger partial charge in [-0.25, -0.2) is 0 Å². The molecule has 2 N–H and O–H groups in total. The summed E-state index contributed by atoms with van der Waals surface area (Å²) in [5.41, 5.74) is 6.97. The normalized spacial score (nSPS) is 17.8. The Morgan fingerprint density at radius 3 is 3.00 bits per heavy atom. The first-order valence-corrected chi connectivity index (χ1v) is 6.48. The highest BCUT2D eigenvalue weighted by Crippen LogP contribution is 2.33. The Bertz CT molecular complexity index is 371. The van der Waals surface area contributed by atoms with Gasteiger partial charge in [-0.15, -0.1) is 0 Å². The van der Waals surface area contributed by atoms with Crippen molar-refractivity contribution in [3.63, 3.8) is 0 Å². The third-order valence-electron chi connectivity index (χ3n) is 3.33. The second-order valence-electron chi connectivity index (χ2n) is 4.63. The van der Waals surface area contributed by atoms with Gasteiger partial charge in [0.2, 0.25) is 0 Å². The summed E-state index contributed by atoms with van der Waals surface area (Å²) in [4.78, 5) is 2.35. The van der Waals surface area contributed by atoms with Crippen LogP contribution < -0.4 is 10.5 Å². The number of nitrogens with zero attached hydrogens (tertiary/aromatic N) is 1. The Kier molecular flexibility index (Phi) is 4.99. The monoisotopic (exact) mass is 250 g/mol. The number of para-hydroxylation sites is 1. The second-order valence-corrected chi connectivity index (χ2v) is 4.63. The third-order valence-corrected chi connectivity index (χ3v) is 3.33. The van der Waals surface area contributed by atoms with Gasteiger partial charge in [0.1, 0.15) is 5.75 Å². The van der Waals surface area contributed by atoms with Gasteiger partial charge in [0, 0.05) is 44.8 Å². The minimum absolute atomic E-state index is 0.449. The molecule has 18 heavy (non-hydrogen) atoms. The Morgan fingerprint density at radius 2 is 2.22 bits per heavy atom. The molecular weight excluding hydrogens is 228 g/mol. The summed E-state index contributed by atoms with van der Waals surface area (Å²) in [6.07, 6.45) is 0. The number of hydrogen-bond donors (Lipinski definition) is 1. The van der Waals surface area contributed by atoms with E-state index in [1.54, 1.807) is 7.11 Å². The molecule has 1 heterocycles. The molecule has 1 aliphatic heterocycles. The molecule has 1 unspecified atom stereocenters. The van der Waals surface area contributed by atoms with E-state index < -0.39 is 0 Å². The number of rotatable bonds is 7. The molecular formula is C14H22N2O2. The molecule has 0 amide bonds. The Hall–Kier alpha value is -1.10. The van der Waals surface area contributed by atoms with Crippen LogP contribution in [0.3, 0.4) is 0 Å². The van der Waals surface area contributed by atoms with E-state index in [2.05, 4.69) is 17.0 Å². The molecule has 1 aromatic rings. The minimum Gasteiger partial charge on any atom is -0.493 e. The average molecular weight is 250 g/mol. The Labute approximate surface area is 109 Å². The van der Waals surface area contributed by atoms with E-state index in [1.165, 1.54) is 5.56 Å². The summed E-state index contributed by atoms with van der Waals surface area (Å²) in [5, 5.41) is 0. The number of benzene rings is 1. The predicted octanol–water partition coefficient (Wildman–Crippen LogP) is 1.07. The first-order chi connectivity index (χ1) is 8.85. The highest BCUT2D eigenvalue weighted by molar-refractivity contribution is 5.39. The number of hydrogen-bond acceptors (Lipinski definition) is 4. The summed E-state index contributed by atoms with van der Waals surface area (Å²) in [6, 6.07) is 8.29. The third kappa shape index (κ3) is 3.22. The average Bonchev–Trinajstić information content (AvgIpc) is 2.80. The zero-order valence-electron chi connectivity index (χ0n) is 11.0. The van der Waals surface area contributed by atoms with E-state index in [0.717, 1.165) is 38.6 Å². The molecule has 0 saturated heterocycles. The lowest BCUT2D eigenvalue weighted by molar-refractivity contribution is 0.142. The molecule has 1 aromatic carbocycles. The van der Waals surface area contributed by atoms with E-state index in [9.17, 15) is 0 Å². The fourth-order valence-electron chi connectivity index (χ4n) is 2.39. The van der Waals surface area contributed by atoms with Gasteiger partial charge in [-0.2, -0.15) is 0 Å². The molecule has 0 saturated carbocycles. The Morgan fingerprint density at radius 1 is 1.39 bits per heavy atom. The predicted molar refractivity (Wildman–Crippen MR) is 72.0 cm³/mol. The molecule has 4 nitrogen and oxygen atoms in total. The van der Waals surface area contributed by atoms with E-state index >= 15 is 0 Å². The van der Waals surface area contributed by atoms with Crippen molar-refractivity contribution in [2.75, 3.05) is 46.5 Å². The van der Waals surface area contributed by atoms with Crippen LogP contribution in [0, 0.1) is 0 Å². The molecule has 0 aliphatic carbocycles. The fraction of sp³-hybridized carbons (Fsp3) is 0.571. The number of nitrogens with two attached hydrogens (primary N) is 1. The van der Waals surface area contributed by atoms with Crippen LogP contribution in [0.1, 0.15) is 11.5 Å². The van der Waals surface area contributed by atoms with Gasteiger partial charge in [-0.1, -0.05) is 18.2 Å². The van der Waals surface area contributed by atoms with Crippen LogP contribution in [0.4, 0.5) is 0 Å². The van der Waals surface area contributed by atoms with Gasteiger partial charge >= 0.3 is 0 Å². The quantitative estimate of drug-likeness (QED) is 0.786. The molecule has 0 bridgehead atoms. The summed E-state index contributed by atoms with van der Waals surface area (Å²) in [7, 11) is 1.73. The van der Waals surface area contributed by atoms with E-state index in [-0.39, 0.29) is 0 Å². The van der Waals surface area contributed by atoms with Crippen LogP contribution >= 0.6 is 0 Å². The van der Waals surface area contributed by atoms with Gasteiger partial charge in [0.05, 0.1) is 13.2 Å². The summed E-state index contributed by atoms with van der Waals surface area (Å²) >= 11 is 0. The first-order valence-electron chi connectivity index (χ1n) is 6.48. The van der Waals surface area contributed by atoms with Crippen LogP contribution in [0.25, 0.3) is 0 Å². The molecule has 2 rings (SSSR count). The van der Waals surface area contributed by atoms with Crippen LogP contribution in [0.2, 0.25) is 0 Å². The van der Waals surface area contributed by atoms with Crippen LogP contribution in [-0.2, 0) is 4.74 Å². The smallest absolute Gasteiger partial charge is 0.122 e. The maximum absolute atomic E-state index is 5.71. The van der Waals surface area contributed by atoms with E-state index in [1.807, 2.05) is 12.1 Å². The fourth-order valence-corrected chi connectivity index (χ4v) is 2.39. The zero-order chi connectivity index (χ0) is 12.8. The van der Waals surface area contributed by atoms with Crippen LogP contribution in [0.5, 0.6) is 5.75 Å². The Balaban J connectivity index is 1.95. The van der Waals surface area contributed by atoms with Crippen molar-refractivity contribution in [3.8, 4) is 5.75 Å². The summed E-state index contributed by atoms with van der Waals surface area (Å²) in [6.45, 7) is 5.01. The van der Waals surface area contributed by atoms with Gasteiger partial charge in [0.25, 0.3) is 0 Å². The van der Waals surface area contributed by atoms with Gasteiger partial charge in [0.15, 0.2) is 0 Å². The molecule has 100 valence electrons. The van der Waals surface area contributed by atoms with Gasteiger partial charge in [-0.05, 0) is 6.07 Å². The van der Waals surface area contributed by atoms with Crippen LogP contribution in [0.15, 0.2) is 24.3 Å². The lowest BCUT2D eigenvalue weighted by Gasteiger charge is -2.24. The summed E-state index contributed by atoms with van der Waals surface area (Å²) < 4.78 is 10.8. The molecule has 4 heteroatoms. The van der Waals surface area contributed by atoms with E-state index in [0.29, 0.717) is 12.5 Å². The highest BCUT2D eigenvalue weighted by Gasteiger charge is 2.25. The molecule has 1 atom stereocenters. The van der Waals surface area contributed by atoms with Gasteiger partial charge in [-0.3, -0.25) is 4.90 Å². The highest BCUT2D eigenvalue weighted by atomic mass is 16.5. The zero-order valence-corrected chi connectivity index (χ0v) is 11.0. The van der Waals surface area contributed by atoms with Crippen molar-refractivity contribution in [1.29, 1.82) is 0 Å². The maximum atomic E-state index is 5.71. The van der Waals surface area contributed by atoms with Crippen molar-refractivity contribution in [2.45, 2.75) is 5.92 Å². The summed E-state index contributed by atoms with van der Waals surface area (Å²) in [5.74, 6) is 1.48. The topological polar surface area (TPSA) is 47.7 Å². The number of fused-ring (bicyclic) bond motifs is 1. The van der Waals surface area contributed by atoms with Crippen molar-refractivity contribution in [1.82, 2.24) is 4.90 Å². The second kappa shape index (κ2) is 6.73. The maximum Gasteiger partial charge on any atom is 0.122 e. The minimum atomic E-state index is 0.449. The lowest BCUT2D eigenvalue weighted by Crippen LogP contribution is -2.36. The largest absolute Gasteiger partial charge is 0.493 e.